The van der Waals surface area contributed by atoms with Crippen LogP contribution in [-0.4, -0.2) is 23.4 Å². The van der Waals surface area contributed by atoms with Crippen LogP contribution in [0.5, 0.6) is 0 Å². The van der Waals surface area contributed by atoms with E-state index in [-0.39, 0.29) is 5.91 Å². The minimum absolute atomic E-state index is 0.107. The molecule has 0 saturated carbocycles. The maximum Gasteiger partial charge on any atom is 0.246 e. The number of anilines is 1. The van der Waals surface area contributed by atoms with Crippen LogP contribution in [0.15, 0.2) is 30.3 Å². The Labute approximate surface area is 115 Å². The molecule has 1 saturated heterocycles. The molecule has 1 aliphatic rings. The molecule has 3 nitrogen and oxygen atoms in total. The molecule has 19 heavy (non-hydrogen) atoms. The van der Waals surface area contributed by atoms with Gasteiger partial charge in [0.1, 0.15) is 0 Å². The first-order chi connectivity index (χ1) is 9.08. The number of hydrogen-bond donors (Lipinski definition) is 1. The molecule has 0 bridgehead atoms. The zero-order valence-corrected chi connectivity index (χ0v) is 11.7. The topological polar surface area (TPSA) is 46.3 Å². The Morgan fingerprint density at radius 2 is 2.00 bits per heavy atom. The van der Waals surface area contributed by atoms with Gasteiger partial charge in [-0.15, -0.1) is 0 Å². The molecule has 0 aromatic heterocycles. The first-order valence-corrected chi connectivity index (χ1v) is 6.92. The van der Waals surface area contributed by atoms with Gasteiger partial charge in [-0.25, -0.2) is 0 Å². The first kappa shape index (κ1) is 13.7. The van der Waals surface area contributed by atoms with E-state index in [1.165, 1.54) is 6.42 Å². The number of carbonyl (C=O) groups is 1. The van der Waals surface area contributed by atoms with Gasteiger partial charge in [0.25, 0.3) is 0 Å². The number of nitrogens with two attached hydrogens (primary N) is 1. The summed E-state index contributed by atoms with van der Waals surface area (Å²) in [5, 5.41) is 0. The van der Waals surface area contributed by atoms with Crippen molar-refractivity contribution in [2.24, 2.45) is 5.92 Å². The molecule has 0 spiro atoms. The van der Waals surface area contributed by atoms with Crippen molar-refractivity contribution in [3.8, 4) is 0 Å². The van der Waals surface area contributed by atoms with Gasteiger partial charge in [-0.2, -0.15) is 0 Å². The molecule has 2 atom stereocenters. The maximum atomic E-state index is 12.2. The van der Waals surface area contributed by atoms with Crippen molar-refractivity contribution < 1.29 is 4.79 Å². The summed E-state index contributed by atoms with van der Waals surface area (Å²) in [6, 6.07) is 7.85. The fraction of sp³-hybridized carbons (Fsp3) is 0.438. The third-order valence-electron chi connectivity index (χ3n) is 4.01. The fourth-order valence-electron chi connectivity index (χ4n) is 2.52. The van der Waals surface area contributed by atoms with E-state index >= 15 is 0 Å². The van der Waals surface area contributed by atoms with Gasteiger partial charge >= 0.3 is 0 Å². The molecule has 0 aliphatic carbocycles. The minimum Gasteiger partial charge on any atom is -0.399 e. The second kappa shape index (κ2) is 5.91. The third-order valence-corrected chi connectivity index (χ3v) is 4.01. The molecule has 1 amide bonds. The monoisotopic (exact) mass is 258 g/mol. The lowest BCUT2D eigenvalue weighted by molar-refractivity contribution is -0.130. The van der Waals surface area contributed by atoms with E-state index in [1.807, 2.05) is 35.2 Å². The zero-order chi connectivity index (χ0) is 13.8. The smallest absolute Gasteiger partial charge is 0.246 e. The van der Waals surface area contributed by atoms with Crippen molar-refractivity contribution in [1.29, 1.82) is 0 Å². The summed E-state index contributed by atoms with van der Waals surface area (Å²) in [6.07, 6.45) is 5.84. The fourth-order valence-corrected chi connectivity index (χ4v) is 2.52. The molecule has 2 rings (SSSR count). The van der Waals surface area contributed by atoms with Gasteiger partial charge in [0.15, 0.2) is 0 Å². The normalized spacial score (nSPS) is 23.8. The van der Waals surface area contributed by atoms with Crippen LogP contribution in [0, 0.1) is 5.92 Å². The van der Waals surface area contributed by atoms with E-state index in [9.17, 15) is 4.79 Å². The molecule has 1 heterocycles. The number of nitrogens with zero attached hydrogens (tertiary/aromatic N) is 1. The second-order valence-electron chi connectivity index (χ2n) is 5.39. The molecule has 1 aromatic carbocycles. The van der Waals surface area contributed by atoms with Crippen molar-refractivity contribution in [1.82, 2.24) is 4.90 Å². The van der Waals surface area contributed by atoms with Gasteiger partial charge in [-0.1, -0.05) is 19.1 Å². The van der Waals surface area contributed by atoms with Crippen molar-refractivity contribution in [3.63, 3.8) is 0 Å². The van der Waals surface area contributed by atoms with E-state index in [0.717, 1.165) is 24.2 Å². The molecule has 0 radical (unpaired) electrons. The van der Waals surface area contributed by atoms with Crippen LogP contribution in [0.3, 0.4) is 0 Å². The highest BCUT2D eigenvalue weighted by atomic mass is 16.2. The predicted octanol–water partition coefficient (Wildman–Crippen LogP) is 2.93. The van der Waals surface area contributed by atoms with Gasteiger partial charge < -0.3 is 10.6 Å². The van der Waals surface area contributed by atoms with Gasteiger partial charge in [-0.05, 0) is 49.5 Å². The third kappa shape index (κ3) is 3.37. The Morgan fingerprint density at radius 1 is 1.32 bits per heavy atom. The van der Waals surface area contributed by atoms with Crippen molar-refractivity contribution in [2.75, 3.05) is 12.3 Å². The quantitative estimate of drug-likeness (QED) is 0.655. The Hall–Kier alpha value is -1.77. The predicted molar refractivity (Wildman–Crippen MR) is 79.5 cm³/mol. The van der Waals surface area contributed by atoms with Crippen LogP contribution in [0.1, 0.15) is 32.3 Å². The standard InChI is InChI=1S/C16H22N2O/c1-12-4-3-11-18(13(12)2)16(19)10-7-14-5-8-15(17)9-6-14/h5-10,12-13H,3-4,11,17H2,1-2H3/b10-7+. The number of rotatable bonds is 2. The van der Waals surface area contributed by atoms with Gasteiger partial charge in [0, 0.05) is 24.4 Å². The van der Waals surface area contributed by atoms with Gasteiger partial charge in [0.2, 0.25) is 5.91 Å². The molecule has 102 valence electrons. The highest BCUT2D eigenvalue weighted by Crippen LogP contribution is 2.23. The van der Waals surface area contributed by atoms with Crippen LogP contribution in [-0.2, 0) is 4.79 Å². The second-order valence-corrected chi connectivity index (χ2v) is 5.39. The number of carbonyl (C=O) groups excluding carboxylic acids is 1. The number of hydrogen-bond acceptors (Lipinski definition) is 2. The molecule has 1 aliphatic heterocycles. The first-order valence-electron chi connectivity index (χ1n) is 6.92. The molecular formula is C16H22N2O. The average Bonchev–Trinajstić information content (AvgIpc) is 2.41. The lowest BCUT2D eigenvalue weighted by Crippen LogP contribution is -2.45. The highest BCUT2D eigenvalue weighted by Gasteiger charge is 2.26. The Balaban J connectivity index is 2.02. The van der Waals surface area contributed by atoms with Crippen molar-refractivity contribution in [2.45, 2.75) is 32.7 Å². The molecule has 1 fully saturated rings. The summed E-state index contributed by atoms with van der Waals surface area (Å²) in [7, 11) is 0. The Kier molecular flexibility index (Phi) is 4.25. The summed E-state index contributed by atoms with van der Waals surface area (Å²) >= 11 is 0. The van der Waals surface area contributed by atoms with Gasteiger partial charge in [0.05, 0.1) is 0 Å². The van der Waals surface area contributed by atoms with Crippen LogP contribution < -0.4 is 5.73 Å². The largest absolute Gasteiger partial charge is 0.399 e. The van der Waals surface area contributed by atoms with E-state index < -0.39 is 0 Å². The average molecular weight is 258 g/mol. The van der Waals surface area contributed by atoms with Gasteiger partial charge in [-0.3, -0.25) is 4.79 Å². The number of nitrogen functional groups attached to an aromatic ring is 1. The Morgan fingerprint density at radius 3 is 2.68 bits per heavy atom. The number of piperidine rings is 1. The minimum atomic E-state index is 0.107. The molecule has 1 aromatic rings. The van der Waals surface area contributed by atoms with Crippen LogP contribution in [0.25, 0.3) is 6.08 Å². The number of benzene rings is 1. The molecular weight excluding hydrogens is 236 g/mol. The summed E-state index contributed by atoms with van der Waals surface area (Å²) < 4.78 is 0. The number of likely N-dealkylation sites (tertiary alicyclic amines) is 1. The summed E-state index contributed by atoms with van der Waals surface area (Å²) in [4.78, 5) is 14.2. The lowest BCUT2D eigenvalue weighted by atomic mass is 9.92. The van der Waals surface area contributed by atoms with E-state index in [1.54, 1.807) is 6.08 Å². The highest BCUT2D eigenvalue weighted by molar-refractivity contribution is 5.92. The van der Waals surface area contributed by atoms with Crippen molar-refractivity contribution >= 4 is 17.7 Å². The van der Waals surface area contributed by atoms with Crippen LogP contribution in [0.2, 0.25) is 0 Å². The lowest BCUT2D eigenvalue weighted by Gasteiger charge is -2.37. The maximum absolute atomic E-state index is 12.2. The summed E-state index contributed by atoms with van der Waals surface area (Å²) in [6.45, 7) is 5.23. The van der Waals surface area contributed by atoms with Crippen LogP contribution in [0.4, 0.5) is 5.69 Å². The summed E-state index contributed by atoms with van der Waals surface area (Å²) in [5.41, 5.74) is 7.37. The zero-order valence-electron chi connectivity index (χ0n) is 11.7. The number of amides is 1. The van der Waals surface area contributed by atoms with E-state index in [4.69, 9.17) is 5.73 Å². The Bertz CT molecular complexity index is 464. The summed E-state index contributed by atoms with van der Waals surface area (Å²) in [5.74, 6) is 0.693. The van der Waals surface area contributed by atoms with E-state index in [0.29, 0.717) is 12.0 Å². The van der Waals surface area contributed by atoms with Crippen molar-refractivity contribution in [3.05, 3.63) is 35.9 Å². The van der Waals surface area contributed by atoms with E-state index in [2.05, 4.69) is 13.8 Å². The molecule has 3 heteroatoms. The van der Waals surface area contributed by atoms with Crippen LogP contribution >= 0.6 is 0 Å². The molecule has 2 unspecified atom stereocenters. The molecule has 2 N–H and O–H groups in total. The SMILES string of the molecule is CC1CCCN(C(=O)/C=C/c2ccc(N)cc2)C1C.